The fourth-order valence-electron chi connectivity index (χ4n) is 3.34. The number of aliphatic hydroxyl groups is 1. The van der Waals surface area contributed by atoms with Crippen LogP contribution in [-0.2, 0) is 10.0 Å². The lowest BCUT2D eigenvalue weighted by molar-refractivity contribution is 0.113. The molecule has 1 fully saturated rings. The third-order valence-electron chi connectivity index (χ3n) is 4.96. The molecular formula is C20H19ClFN3O3S. The Bertz CT molecular complexity index is 1140. The van der Waals surface area contributed by atoms with E-state index in [1.807, 2.05) is 0 Å². The van der Waals surface area contributed by atoms with E-state index in [-0.39, 0.29) is 28.8 Å². The number of aromatic amines is 1. The summed E-state index contributed by atoms with van der Waals surface area (Å²) < 4.78 is 40.9. The van der Waals surface area contributed by atoms with Gasteiger partial charge in [-0.3, -0.25) is 0 Å². The van der Waals surface area contributed by atoms with Crippen LogP contribution in [0.2, 0.25) is 5.02 Å². The molecule has 1 aliphatic heterocycles. The number of aromatic nitrogens is 2. The maximum Gasteiger partial charge on any atom is 0.244 e. The van der Waals surface area contributed by atoms with Gasteiger partial charge in [-0.05, 0) is 43.2 Å². The lowest BCUT2D eigenvalue weighted by Gasteiger charge is -2.29. The smallest absolute Gasteiger partial charge is 0.244 e. The summed E-state index contributed by atoms with van der Waals surface area (Å²) in [6, 6.07) is 10.8. The van der Waals surface area contributed by atoms with Crippen LogP contribution >= 0.6 is 11.6 Å². The molecule has 2 heterocycles. The first kappa shape index (κ1) is 20.0. The van der Waals surface area contributed by atoms with E-state index in [2.05, 4.69) is 9.97 Å². The van der Waals surface area contributed by atoms with E-state index in [9.17, 15) is 17.9 Å². The minimum atomic E-state index is -3.80. The van der Waals surface area contributed by atoms with Gasteiger partial charge in [0.1, 0.15) is 16.5 Å². The minimum absolute atomic E-state index is 0.00300. The largest absolute Gasteiger partial charge is 0.393 e. The van der Waals surface area contributed by atoms with Gasteiger partial charge < -0.3 is 10.1 Å². The van der Waals surface area contributed by atoms with Gasteiger partial charge in [0, 0.05) is 24.2 Å². The number of H-pyrrole nitrogens is 1. The van der Waals surface area contributed by atoms with E-state index in [0.29, 0.717) is 35.5 Å². The summed E-state index contributed by atoms with van der Waals surface area (Å²) in [4.78, 5) is 7.40. The maximum absolute atomic E-state index is 13.5. The zero-order valence-electron chi connectivity index (χ0n) is 15.3. The SMILES string of the molecule is O=S(=O)(c1cc(-c2ncc(-c3cccc(F)c3)[nH]2)ccc1Cl)N1CCC(O)CC1. The van der Waals surface area contributed by atoms with Crippen LogP contribution < -0.4 is 0 Å². The molecule has 4 rings (SSSR count). The van der Waals surface area contributed by atoms with Gasteiger partial charge in [0.25, 0.3) is 0 Å². The highest BCUT2D eigenvalue weighted by atomic mass is 35.5. The topological polar surface area (TPSA) is 86.3 Å². The highest BCUT2D eigenvalue weighted by molar-refractivity contribution is 7.89. The van der Waals surface area contributed by atoms with Gasteiger partial charge in [-0.15, -0.1) is 0 Å². The number of imidazole rings is 1. The Morgan fingerprint density at radius 1 is 1.14 bits per heavy atom. The molecule has 9 heteroatoms. The number of hydrogen-bond acceptors (Lipinski definition) is 4. The average molecular weight is 436 g/mol. The Kier molecular flexibility index (Phi) is 5.44. The highest BCUT2D eigenvalue weighted by Crippen LogP contribution is 2.31. The van der Waals surface area contributed by atoms with Crippen molar-refractivity contribution in [2.75, 3.05) is 13.1 Å². The summed E-state index contributed by atoms with van der Waals surface area (Å²) in [5.41, 5.74) is 1.80. The molecule has 0 saturated carbocycles. The second-order valence-corrected chi connectivity index (χ2v) is 9.25. The molecule has 0 atom stereocenters. The second kappa shape index (κ2) is 7.87. The van der Waals surface area contributed by atoms with E-state index in [4.69, 9.17) is 11.6 Å². The van der Waals surface area contributed by atoms with Crippen LogP contribution in [0.15, 0.2) is 53.6 Å². The molecule has 0 unspecified atom stereocenters. The summed E-state index contributed by atoms with van der Waals surface area (Å²) in [6.45, 7) is 0.489. The maximum atomic E-state index is 13.5. The zero-order valence-corrected chi connectivity index (χ0v) is 16.9. The van der Waals surface area contributed by atoms with E-state index in [0.717, 1.165) is 0 Å². The van der Waals surface area contributed by atoms with Crippen molar-refractivity contribution in [3.63, 3.8) is 0 Å². The summed E-state index contributed by atoms with van der Waals surface area (Å²) >= 11 is 6.21. The summed E-state index contributed by atoms with van der Waals surface area (Å²) in [6.07, 6.45) is 1.88. The first-order valence-electron chi connectivity index (χ1n) is 9.14. The van der Waals surface area contributed by atoms with E-state index < -0.39 is 16.1 Å². The Labute approximate surface area is 173 Å². The van der Waals surface area contributed by atoms with E-state index in [1.165, 1.54) is 28.6 Å². The lowest BCUT2D eigenvalue weighted by Crippen LogP contribution is -2.40. The molecule has 1 aliphatic rings. The molecule has 29 heavy (non-hydrogen) atoms. The third kappa shape index (κ3) is 4.06. The van der Waals surface area contributed by atoms with Crippen molar-refractivity contribution >= 4 is 21.6 Å². The number of benzene rings is 2. The normalized spacial score (nSPS) is 16.2. The van der Waals surface area contributed by atoms with Crippen LogP contribution in [-0.4, -0.2) is 47.0 Å². The standard InChI is InChI=1S/C20H19ClFN3O3S/c21-17-5-4-14(11-19(17)29(27,28)25-8-6-16(26)7-9-25)20-23-12-18(24-20)13-2-1-3-15(22)10-13/h1-5,10-12,16,26H,6-9H2,(H,23,24). The van der Waals surface area contributed by atoms with Crippen molar-refractivity contribution in [1.29, 1.82) is 0 Å². The number of sulfonamides is 1. The number of halogens is 2. The Morgan fingerprint density at radius 3 is 2.62 bits per heavy atom. The fraction of sp³-hybridized carbons (Fsp3) is 0.250. The molecule has 2 N–H and O–H groups in total. The van der Waals surface area contributed by atoms with Gasteiger partial charge >= 0.3 is 0 Å². The number of piperidine rings is 1. The van der Waals surface area contributed by atoms with Crippen molar-refractivity contribution in [1.82, 2.24) is 14.3 Å². The number of rotatable bonds is 4. The van der Waals surface area contributed by atoms with Crippen molar-refractivity contribution in [2.24, 2.45) is 0 Å². The number of nitrogens with one attached hydrogen (secondary N) is 1. The van der Waals surface area contributed by atoms with Crippen LogP contribution in [0.25, 0.3) is 22.6 Å². The molecule has 1 aromatic heterocycles. The predicted octanol–water partition coefficient (Wildman–Crippen LogP) is 3.68. The second-order valence-electron chi connectivity index (χ2n) is 6.94. The van der Waals surface area contributed by atoms with Gasteiger partial charge in [-0.1, -0.05) is 23.7 Å². The van der Waals surface area contributed by atoms with Gasteiger partial charge in [-0.2, -0.15) is 4.31 Å². The molecule has 1 saturated heterocycles. The number of aliphatic hydroxyl groups excluding tert-OH is 1. The summed E-state index contributed by atoms with van der Waals surface area (Å²) in [5, 5.41) is 9.76. The summed E-state index contributed by atoms with van der Waals surface area (Å²) in [5.74, 6) is 0.0941. The predicted molar refractivity (Wildman–Crippen MR) is 108 cm³/mol. The molecule has 0 radical (unpaired) electrons. The van der Waals surface area contributed by atoms with Crippen LogP contribution in [0.3, 0.4) is 0 Å². The first-order valence-corrected chi connectivity index (χ1v) is 11.0. The molecule has 3 aromatic rings. The number of nitrogens with zero attached hydrogens (tertiary/aromatic N) is 2. The molecule has 2 aromatic carbocycles. The van der Waals surface area contributed by atoms with Crippen LogP contribution in [0, 0.1) is 5.82 Å². The average Bonchev–Trinajstić information content (AvgIpc) is 3.19. The fourth-order valence-corrected chi connectivity index (χ4v) is 5.31. The Balaban J connectivity index is 1.67. The monoisotopic (exact) mass is 435 g/mol. The first-order chi connectivity index (χ1) is 13.8. The van der Waals surface area contributed by atoms with Crippen LogP contribution in [0.1, 0.15) is 12.8 Å². The molecule has 152 valence electrons. The van der Waals surface area contributed by atoms with Gasteiger partial charge in [0.15, 0.2) is 0 Å². The molecule has 0 bridgehead atoms. The van der Waals surface area contributed by atoms with Crippen molar-refractivity contribution in [3.8, 4) is 22.6 Å². The van der Waals surface area contributed by atoms with Crippen molar-refractivity contribution in [3.05, 3.63) is 59.5 Å². The summed E-state index contributed by atoms with van der Waals surface area (Å²) in [7, 11) is -3.80. The van der Waals surface area contributed by atoms with Crippen LogP contribution in [0.4, 0.5) is 4.39 Å². The van der Waals surface area contributed by atoms with Crippen molar-refractivity contribution < 1.29 is 17.9 Å². The Hall–Kier alpha value is -2.26. The molecule has 0 aliphatic carbocycles. The molecule has 0 spiro atoms. The van der Waals surface area contributed by atoms with E-state index >= 15 is 0 Å². The molecular weight excluding hydrogens is 417 g/mol. The third-order valence-corrected chi connectivity index (χ3v) is 7.34. The van der Waals surface area contributed by atoms with Crippen LogP contribution in [0.5, 0.6) is 0 Å². The molecule has 6 nitrogen and oxygen atoms in total. The zero-order chi connectivity index (χ0) is 20.6. The highest BCUT2D eigenvalue weighted by Gasteiger charge is 2.30. The van der Waals surface area contributed by atoms with Gasteiger partial charge in [0.2, 0.25) is 10.0 Å². The molecule has 0 amide bonds. The van der Waals surface area contributed by atoms with E-state index in [1.54, 1.807) is 24.4 Å². The van der Waals surface area contributed by atoms with Gasteiger partial charge in [0.05, 0.1) is 23.0 Å². The Morgan fingerprint density at radius 2 is 1.90 bits per heavy atom. The number of hydrogen-bond donors (Lipinski definition) is 2. The quantitative estimate of drug-likeness (QED) is 0.654. The van der Waals surface area contributed by atoms with Gasteiger partial charge in [-0.25, -0.2) is 17.8 Å². The minimum Gasteiger partial charge on any atom is -0.393 e. The van der Waals surface area contributed by atoms with Crippen molar-refractivity contribution in [2.45, 2.75) is 23.8 Å². The lowest BCUT2D eigenvalue weighted by atomic mass is 10.1.